The summed E-state index contributed by atoms with van der Waals surface area (Å²) in [6, 6.07) is 6.76. The Morgan fingerprint density at radius 1 is 1.29 bits per heavy atom. The number of hydrogen-bond acceptors (Lipinski definition) is 3. The molecule has 0 fully saturated rings. The minimum absolute atomic E-state index is 0.238. The zero-order valence-electron chi connectivity index (χ0n) is 11.9. The van der Waals surface area contributed by atoms with Gasteiger partial charge in [0.1, 0.15) is 5.82 Å². The zero-order chi connectivity index (χ0) is 14.7. The fourth-order valence-corrected chi connectivity index (χ4v) is 2.34. The summed E-state index contributed by atoms with van der Waals surface area (Å²) < 4.78 is 15.6. The van der Waals surface area contributed by atoms with Crippen LogP contribution in [0.4, 0.5) is 10.1 Å². The second-order valence-corrected chi connectivity index (χ2v) is 4.95. The number of aromatic nitrogens is 3. The summed E-state index contributed by atoms with van der Waals surface area (Å²) in [6.07, 6.45) is 6.51. The van der Waals surface area contributed by atoms with Crippen LogP contribution in [0.2, 0.25) is 0 Å². The van der Waals surface area contributed by atoms with Crippen molar-refractivity contribution >= 4 is 16.6 Å². The highest BCUT2D eigenvalue weighted by Gasteiger charge is 2.07. The Hall–Kier alpha value is -2.43. The van der Waals surface area contributed by atoms with Crippen molar-refractivity contribution in [1.29, 1.82) is 0 Å². The fraction of sp³-hybridized carbons (Fsp3) is 0.250. The summed E-state index contributed by atoms with van der Waals surface area (Å²) in [7, 11) is 0. The molecule has 5 heteroatoms. The van der Waals surface area contributed by atoms with E-state index >= 15 is 0 Å². The number of nitrogens with one attached hydrogen (secondary N) is 1. The Morgan fingerprint density at radius 2 is 2.19 bits per heavy atom. The lowest BCUT2D eigenvalue weighted by Gasteiger charge is -2.07. The molecular formula is C16H17FN4. The molecule has 0 amide bonds. The highest BCUT2D eigenvalue weighted by Crippen LogP contribution is 2.20. The fourth-order valence-electron chi connectivity index (χ4n) is 2.34. The van der Waals surface area contributed by atoms with Gasteiger partial charge >= 0.3 is 0 Å². The number of nitrogens with zero attached hydrogens (tertiary/aromatic N) is 3. The molecule has 0 saturated heterocycles. The van der Waals surface area contributed by atoms with Crippen LogP contribution in [0.15, 0.2) is 42.9 Å². The molecule has 0 aliphatic rings. The smallest absolute Gasteiger partial charge is 0.132 e. The number of rotatable bonds is 5. The van der Waals surface area contributed by atoms with Crippen LogP contribution in [0.5, 0.6) is 0 Å². The molecule has 108 valence electrons. The Kier molecular flexibility index (Phi) is 3.81. The van der Waals surface area contributed by atoms with Crippen molar-refractivity contribution in [3.8, 4) is 0 Å². The van der Waals surface area contributed by atoms with Crippen molar-refractivity contribution in [2.75, 3.05) is 5.32 Å². The molecule has 2 heterocycles. The van der Waals surface area contributed by atoms with Gasteiger partial charge in [-0.1, -0.05) is 13.0 Å². The Labute approximate surface area is 122 Å². The van der Waals surface area contributed by atoms with E-state index in [9.17, 15) is 4.39 Å². The maximum absolute atomic E-state index is 13.7. The number of fused-ring (bicyclic) bond motifs is 1. The highest BCUT2D eigenvalue weighted by molar-refractivity contribution is 5.82. The third-order valence-electron chi connectivity index (χ3n) is 3.37. The lowest BCUT2D eigenvalue weighted by atomic mass is 10.1. The number of anilines is 1. The van der Waals surface area contributed by atoms with Gasteiger partial charge in [0.25, 0.3) is 0 Å². The summed E-state index contributed by atoms with van der Waals surface area (Å²) in [5, 5.41) is 8.13. The second-order valence-electron chi connectivity index (χ2n) is 4.95. The van der Waals surface area contributed by atoms with Crippen LogP contribution in [-0.2, 0) is 13.1 Å². The van der Waals surface area contributed by atoms with E-state index in [0.29, 0.717) is 17.4 Å². The van der Waals surface area contributed by atoms with Gasteiger partial charge in [0, 0.05) is 30.9 Å². The van der Waals surface area contributed by atoms with Gasteiger partial charge in [-0.25, -0.2) is 4.39 Å². The number of benzene rings is 1. The molecule has 0 unspecified atom stereocenters. The molecule has 3 rings (SSSR count). The molecule has 0 aliphatic carbocycles. The summed E-state index contributed by atoms with van der Waals surface area (Å²) in [5.41, 5.74) is 2.62. The van der Waals surface area contributed by atoms with Gasteiger partial charge in [0.05, 0.1) is 17.4 Å². The molecular weight excluding hydrogens is 267 g/mol. The molecule has 1 N–H and O–H groups in total. The maximum atomic E-state index is 13.7. The normalized spacial score (nSPS) is 11.0. The highest BCUT2D eigenvalue weighted by atomic mass is 19.1. The number of halogens is 1. The van der Waals surface area contributed by atoms with Gasteiger partial charge in [0.2, 0.25) is 0 Å². The molecule has 3 aromatic rings. The predicted molar refractivity (Wildman–Crippen MR) is 81.5 cm³/mol. The van der Waals surface area contributed by atoms with Crippen LogP contribution in [0, 0.1) is 5.82 Å². The van der Waals surface area contributed by atoms with Crippen LogP contribution in [-0.4, -0.2) is 14.8 Å². The lowest BCUT2D eigenvalue weighted by Crippen LogP contribution is -2.01. The van der Waals surface area contributed by atoms with Crippen molar-refractivity contribution in [3.05, 3.63) is 54.2 Å². The van der Waals surface area contributed by atoms with Crippen LogP contribution >= 0.6 is 0 Å². The van der Waals surface area contributed by atoms with Gasteiger partial charge in [-0.2, -0.15) is 5.10 Å². The van der Waals surface area contributed by atoms with E-state index in [4.69, 9.17) is 0 Å². The first-order chi connectivity index (χ1) is 10.3. The average molecular weight is 284 g/mol. The van der Waals surface area contributed by atoms with Crippen molar-refractivity contribution in [2.45, 2.75) is 26.4 Å². The molecule has 2 aromatic heterocycles. The van der Waals surface area contributed by atoms with Crippen molar-refractivity contribution in [3.63, 3.8) is 0 Å². The van der Waals surface area contributed by atoms with E-state index in [1.165, 1.54) is 6.07 Å². The van der Waals surface area contributed by atoms with Crippen LogP contribution in [0.1, 0.15) is 18.9 Å². The Bertz CT molecular complexity index is 751. The second kappa shape index (κ2) is 5.91. The van der Waals surface area contributed by atoms with Crippen LogP contribution in [0.3, 0.4) is 0 Å². The molecule has 4 nitrogen and oxygen atoms in total. The lowest BCUT2D eigenvalue weighted by molar-refractivity contribution is 0.603. The largest absolute Gasteiger partial charge is 0.378 e. The van der Waals surface area contributed by atoms with Gasteiger partial charge in [-0.3, -0.25) is 9.67 Å². The van der Waals surface area contributed by atoms with Gasteiger partial charge < -0.3 is 5.32 Å². The summed E-state index contributed by atoms with van der Waals surface area (Å²) in [4.78, 5) is 4.29. The predicted octanol–water partition coefficient (Wildman–Crippen LogP) is 3.59. The van der Waals surface area contributed by atoms with E-state index in [2.05, 4.69) is 22.3 Å². The van der Waals surface area contributed by atoms with E-state index in [0.717, 1.165) is 24.2 Å². The Balaban J connectivity index is 1.80. The Morgan fingerprint density at radius 3 is 3.05 bits per heavy atom. The minimum Gasteiger partial charge on any atom is -0.378 e. The van der Waals surface area contributed by atoms with Crippen molar-refractivity contribution in [1.82, 2.24) is 14.8 Å². The molecule has 0 radical (unpaired) electrons. The van der Waals surface area contributed by atoms with Crippen molar-refractivity contribution in [2.24, 2.45) is 0 Å². The molecule has 1 aromatic carbocycles. The molecule has 0 saturated carbocycles. The van der Waals surface area contributed by atoms with Crippen LogP contribution < -0.4 is 5.32 Å². The summed E-state index contributed by atoms with van der Waals surface area (Å²) in [5.74, 6) is -0.238. The van der Waals surface area contributed by atoms with Crippen molar-refractivity contribution < 1.29 is 4.39 Å². The first-order valence-electron chi connectivity index (χ1n) is 7.06. The van der Waals surface area contributed by atoms with E-state index in [1.807, 2.05) is 10.9 Å². The first-order valence-corrected chi connectivity index (χ1v) is 7.06. The maximum Gasteiger partial charge on any atom is 0.132 e. The number of pyridine rings is 1. The van der Waals surface area contributed by atoms with Crippen LogP contribution in [0.25, 0.3) is 10.9 Å². The molecule has 0 spiro atoms. The molecule has 0 atom stereocenters. The third-order valence-corrected chi connectivity index (χ3v) is 3.37. The topological polar surface area (TPSA) is 42.7 Å². The molecule has 0 bridgehead atoms. The monoisotopic (exact) mass is 284 g/mol. The van der Waals surface area contributed by atoms with Gasteiger partial charge in [-0.05, 0) is 30.2 Å². The number of aryl methyl sites for hydroxylation is 1. The summed E-state index contributed by atoms with van der Waals surface area (Å²) in [6.45, 7) is 3.61. The van der Waals surface area contributed by atoms with Gasteiger partial charge in [-0.15, -0.1) is 0 Å². The van der Waals surface area contributed by atoms with E-state index in [-0.39, 0.29) is 5.82 Å². The number of hydrogen-bond donors (Lipinski definition) is 1. The zero-order valence-corrected chi connectivity index (χ0v) is 11.9. The average Bonchev–Trinajstić information content (AvgIpc) is 2.95. The standard InChI is InChI=1S/C16H17FN4/c1-2-8-21-11-13(10-20-21)19-9-12-5-6-15(17)14-4-3-7-18-16(12)14/h3-7,10-11,19H,2,8-9H2,1H3. The SMILES string of the molecule is CCCn1cc(NCc2ccc(F)c3cccnc23)cn1. The first kappa shape index (κ1) is 13.5. The molecule has 0 aliphatic heterocycles. The minimum atomic E-state index is -0.238. The third kappa shape index (κ3) is 2.86. The van der Waals surface area contributed by atoms with Gasteiger partial charge in [0.15, 0.2) is 0 Å². The van der Waals surface area contributed by atoms with E-state index in [1.54, 1.807) is 30.6 Å². The quantitative estimate of drug-likeness (QED) is 0.778. The van der Waals surface area contributed by atoms with E-state index < -0.39 is 0 Å². The summed E-state index contributed by atoms with van der Waals surface area (Å²) >= 11 is 0. The molecule has 21 heavy (non-hydrogen) atoms.